The number of non-ortho nitro benzene ring substituents is 1. The second-order valence-corrected chi connectivity index (χ2v) is 11.2. The van der Waals surface area contributed by atoms with Crippen molar-refractivity contribution < 1.29 is 14.5 Å². The smallest absolute Gasteiger partial charge is 0.269 e. The molecule has 1 N–H and O–H groups in total. The van der Waals surface area contributed by atoms with Crippen LogP contribution in [-0.2, 0) is 16.6 Å². The van der Waals surface area contributed by atoms with Crippen molar-refractivity contribution in [3.05, 3.63) is 74.0 Å². The summed E-state index contributed by atoms with van der Waals surface area (Å²) in [5, 5.41) is 23.5. The Kier molecular flexibility index (Phi) is 7.63. The lowest BCUT2D eigenvalue weighted by Crippen LogP contribution is -2.39. The molecule has 3 aromatic rings. The van der Waals surface area contributed by atoms with E-state index in [1.807, 2.05) is 33.8 Å². The summed E-state index contributed by atoms with van der Waals surface area (Å²) >= 11 is 1.36. The van der Waals surface area contributed by atoms with Crippen LogP contribution in [0.3, 0.4) is 0 Å². The molecule has 0 aliphatic carbocycles. The Labute approximate surface area is 219 Å². The van der Waals surface area contributed by atoms with Crippen molar-refractivity contribution in [1.82, 2.24) is 20.1 Å². The molecule has 194 valence electrons. The van der Waals surface area contributed by atoms with Crippen molar-refractivity contribution >= 4 is 34.0 Å². The number of rotatable bonds is 6. The van der Waals surface area contributed by atoms with Gasteiger partial charge in [0.1, 0.15) is 5.01 Å². The molecule has 1 aliphatic rings. The van der Waals surface area contributed by atoms with Crippen molar-refractivity contribution in [2.24, 2.45) is 0 Å². The average molecular weight is 523 g/mol. The zero-order valence-corrected chi connectivity index (χ0v) is 22.2. The zero-order chi connectivity index (χ0) is 26.7. The van der Waals surface area contributed by atoms with E-state index in [1.165, 1.54) is 23.5 Å². The number of nitrogens with one attached hydrogen (secondary N) is 1. The molecule has 1 aromatic carbocycles. The fourth-order valence-electron chi connectivity index (χ4n) is 4.29. The molecule has 0 saturated carbocycles. The van der Waals surface area contributed by atoms with Gasteiger partial charge in [-0.15, -0.1) is 10.2 Å². The number of pyridine rings is 1. The predicted octanol–water partition coefficient (Wildman–Crippen LogP) is 4.65. The van der Waals surface area contributed by atoms with Gasteiger partial charge in [0, 0.05) is 42.2 Å². The van der Waals surface area contributed by atoms with E-state index in [0.717, 1.165) is 16.4 Å². The van der Waals surface area contributed by atoms with Gasteiger partial charge in [0.15, 0.2) is 0 Å². The summed E-state index contributed by atoms with van der Waals surface area (Å²) < 4.78 is 0. The fraction of sp³-hybridized carbons (Fsp3) is 0.423. The molecule has 2 aromatic heterocycles. The van der Waals surface area contributed by atoms with E-state index in [2.05, 4.69) is 15.5 Å². The van der Waals surface area contributed by atoms with Gasteiger partial charge in [0.25, 0.3) is 11.6 Å². The van der Waals surface area contributed by atoms with E-state index < -0.39 is 4.92 Å². The molecular formula is C26H30N6O4S. The molecule has 2 amide bonds. The van der Waals surface area contributed by atoms with Crippen LogP contribution >= 0.6 is 11.3 Å². The van der Waals surface area contributed by atoms with E-state index in [9.17, 15) is 19.7 Å². The molecule has 0 spiro atoms. The Hall–Kier alpha value is -3.73. The fourth-order valence-corrected chi connectivity index (χ4v) is 5.09. The normalized spacial score (nSPS) is 14.4. The van der Waals surface area contributed by atoms with E-state index in [-0.39, 0.29) is 35.3 Å². The standard InChI is InChI=1S/C26H30N6O4S/c1-16-8-9-20(23(34)28-25-30-29-24(37-25)26(2,3)4)22(27-16)18-10-12-31(13-11-18)21(33)15-17-6-5-7-19(14-17)32(35)36/h5-9,14,18H,10-13,15H2,1-4H3,(H,28,30,34). The SMILES string of the molecule is Cc1ccc(C(=O)Nc2nnc(C(C)(C)C)s2)c(C2CCN(C(=O)Cc3cccc([N+](=O)[O-])c3)CC2)n1. The first-order valence-electron chi connectivity index (χ1n) is 12.2. The van der Waals surface area contributed by atoms with Crippen molar-refractivity contribution in [3.63, 3.8) is 0 Å². The summed E-state index contributed by atoms with van der Waals surface area (Å²) in [4.78, 5) is 43.1. The van der Waals surface area contributed by atoms with Crippen LogP contribution in [0.4, 0.5) is 10.8 Å². The molecule has 4 rings (SSSR count). The highest BCUT2D eigenvalue weighted by molar-refractivity contribution is 7.15. The number of benzene rings is 1. The van der Waals surface area contributed by atoms with Gasteiger partial charge >= 0.3 is 0 Å². The topological polar surface area (TPSA) is 131 Å². The third kappa shape index (κ3) is 6.34. The van der Waals surface area contributed by atoms with Gasteiger partial charge in [0.2, 0.25) is 11.0 Å². The molecule has 11 heteroatoms. The molecule has 37 heavy (non-hydrogen) atoms. The Morgan fingerprint density at radius 2 is 1.89 bits per heavy atom. The maximum atomic E-state index is 13.2. The lowest BCUT2D eigenvalue weighted by molar-refractivity contribution is -0.384. The van der Waals surface area contributed by atoms with E-state index >= 15 is 0 Å². The molecule has 0 bridgehead atoms. The molecule has 1 aliphatic heterocycles. The number of hydrogen-bond donors (Lipinski definition) is 1. The van der Waals surface area contributed by atoms with Crippen LogP contribution in [0.15, 0.2) is 36.4 Å². The van der Waals surface area contributed by atoms with E-state index in [4.69, 9.17) is 4.98 Å². The quantitative estimate of drug-likeness (QED) is 0.368. The van der Waals surface area contributed by atoms with Crippen molar-refractivity contribution in [3.8, 4) is 0 Å². The molecule has 3 heterocycles. The highest BCUT2D eigenvalue weighted by atomic mass is 32.1. The maximum absolute atomic E-state index is 13.2. The van der Waals surface area contributed by atoms with Crippen LogP contribution < -0.4 is 5.32 Å². The number of nitro benzene ring substituents is 1. The zero-order valence-electron chi connectivity index (χ0n) is 21.4. The number of amides is 2. The van der Waals surface area contributed by atoms with Gasteiger partial charge in [-0.05, 0) is 37.5 Å². The van der Waals surface area contributed by atoms with Crippen LogP contribution in [0.5, 0.6) is 0 Å². The highest BCUT2D eigenvalue weighted by Crippen LogP contribution is 2.31. The lowest BCUT2D eigenvalue weighted by atomic mass is 9.89. The van der Waals surface area contributed by atoms with Gasteiger partial charge in [-0.1, -0.05) is 44.2 Å². The average Bonchev–Trinajstić information content (AvgIpc) is 3.33. The summed E-state index contributed by atoms with van der Waals surface area (Å²) in [6.07, 6.45) is 1.45. The largest absolute Gasteiger partial charge is 0.342 e. The van der Waals surface area contributed by atoms with Gasteiger partial charge in [-0.25, -0.2) is 0 Å². The third-order valence-electron chi connectivity index (χ3n) is 6.31. The Balaban J connectivity index is 1.42. The molecular weight excluding hydrogens is 492 g/mol. The van der Waals surface area contributed by atoms with E-state index in [0.29, 0.717) is 42.2 Å². The number of nitrogens with zero attached hydrogens (tertiary/aromatic N) is 5. The first-order chi connectivity index (χ1) is 17.5. The second-order valence-electron chi connectivity index (χ2n) is 10.3. The number of carbonyl (C=O) groups is 2. The third-order valence-corrected chi connectivity index (χ3v) is 7.57. The van der Waals surface area contributed by atoms with Crippen molar-refractivity contribution in [1.29, 1.82) is 0 Å². The van der Waals surface area contributed by atoms with Gasteiger partial charge in [0.05, 0.1) is 22.6 Å². The van der Waals surface area contributed by atoms with Crippen LogP contribution in [0.25, 0.3) is 0 Å². The molecule has 0 atom stereocenters. The molecule has 1 fully saturated rings. The minimum absolute atomic E-state index is 0.0245. The number of anilines is 1. The summed E-state index contributed by atoms with van der Waals surface area (Å²) in [7, 11) is 0. The molecule has 0 unspecified atom stereocenters. The van der Waals surface area contributed by atoms with Crippen LogP contribution in [-0.4, -0.2) is 49.9 Å². The summed E-state index contributed by atoms with van der Waals surface area (Å²) in [6, 6.07) is 9.77. The first kappa shape index (κ1) is 26.3. The first-order valence-corrected chi connectivity index (χ1v) is 13.0. The molecule has 1 saturated heterocycles. The van der Waals surface area contributed by atoms with E-state index in [1.54, 1.807) is 23.1 Å². The van der Waals surface area contributed by atoms with Gasteiger partial charge in [-0.3, -0.25) is 30.0 Å². The molecule has 0 radical (unpaired) electrons. The number of hydrogen-bond acceptors (Lipinski definition) is 8. The Morgan fingerprint density at radius 3 is 2.54 bits per heavy atom. The summed E-state index contributed by atoms with van der Waals surface area (Å²) in [5.74, 6) is -0.314. The second kappa shape index (κ2) is 10.7. The number of likely N-dealkylation sites (tertiary alicyclic amines) is 1. The number of piperidine rings is 1. The number of aryl methyl sites for hydroxylation is 1. The number of nitro groups is 1. The Morgan fingerprint density at radius 1 is 1.16 bits per heavy atom. The van der Waals surface area contributed by atoms with Crippen molar-refractivity contribution in [2.45, 2.75) is 58.3 Å². The summed E-state index contributed by atoms with van der Waals surface area (Å²) in [6.45, 7) is 9.08. The maximum Gasteiger partial charge on any atom is 0.269 e. The molecule has 10 nitrogen and oxygen atoms in total. The van der Waals surface area contributed by atoms with Gasteiger partial charge in [-0.2, -0.15) is 0 Å². The lowest BCUT2D eigenvalue weighted by Gasteiger charge is -2.32. The monoisotopic (exact) mass is 522 g/mol. The minimum Gasteiger partial charge on any atom is -0.342 e. The predicted molar refractivity (Wildman–Crippen MR) is 141 cm³/mol. The van der Waals surface area contributed by atoms with Crippen molar-refractivity contribution in [2.75, 3.05) is 18.4 Å². The van der Waals surface area contributed by atoms with Crippen LogP contribution in [0.2, 0.25) is 0 Å². The Bertz CT molecular complexity index is 1320. The summed E-state index contributed by atoms with van der Waals surface area (Å²) in [5.41, 5.74) is 2.48. The number of carbonyl (C=O) groups excluding carboxylic acids is 2. The van der Waals surface area contributed by atoms with Crippen LogP contribution in [0, 0.1) is 17.0 Å². The number of aromatic nitrogens is 3. The minimum atomic E-state index is -0.462. The van der Waals surface area contributed by atoms with Gasteiger partial charge < -0.3 is 4.90 Å². The highest BCUT2D eigenvalue weighted by Gasteiger charge is 2.29. The van der Waals surface area contributed by atoms with Crippen LogP contribution in [0.1, 0.15) is 71.8 Å².